The van der Waals surface area contributed by atoms with E-state index in [0.717, 1.165) is 29.7 Å². The first kappa shape index (κ1) is 17.5. The van der Waals surface area contributed by atoms with Crippen LogP contribution in [0.4, 0.5) is 5.69 Å². The van der Waals surface area contributed by atoms with Crippen LogP contribution >= 0.6 is 11.6 Å². The van der Waals surface area contributed by atoms with Gasteiger partial charge in [-0.25, -0.2) is 0 Å². The Kier molecular flexibility index (Phi) is 5.74. The number of amides is 1. The van der Waals surface area contributed by atoms with E-state index in [0.29, 0.717) is 18.0 Å². The van der Waals surface area contributed by atoms with E-state index in [1.807, 2.05) is 25.1 Å². The molecular weight excluding hydrogens is 334 g/mol. The SMILES string of the molecule is Cc1cc(Cl)ccc1NC(=O)CCNCCc1c[nH]c2ccccc12. The molecule has 3 N–H and O–H groups in total. The summed E-state index contributed by atoms with van der Waals surface area (Å²) in [5, 5.41) is 8.20. The first-order valence-corrected chi connectivity index (χ1v) is 8.83. The predicted molar refractivity (Wildman–Crippen MR) is 104 cm³/mol. The number of hydrogen-bond acceptors (Lipinski definition) is 2. The van der Waals surface area contributed by atoms with E-state index >= 15 is 0 Å². The van der Waals surface area contributed by atoms with Crippen LogP contribution in [-0.2, 0) is 11.2 Å². The molecule has 0 saturated heterocycles. The van der Waals surface area contributed by atoms with Crippen LogP contribution in [0.3, 0.4) is 0 Å². The van der Waals surface area contributed by atoms with Gasteiger partial charge in [-0.05, 0) is 55.3 Å². The first-order chi connectivity index (χ1) is 12.1. The third kappa shape index (κ3) is 4.62. The van der Waals surface area contributed by atoms with Crippen LogP contribution in [0.5, 0.6) is 0 Å². The molecule has 0 fully saturated rings. The van der Waals surface area contributed by atoms with Crippen molar-refractivity contribution in [3.8, 4) is 0 Å². The van der Waals surface area contributed by atoms with Gasteiger partial charge in [-0.1, -0.05) is 29.8 Å². The van der Waals surface area contributed by atoms with Crippen LogP contribution in [-0.4, -0.2) is 24.0 Å². The number of carbonyl (C=O) groups is 1. The van der Waals surface area contributed by atoms with E-state index in [-0.39, 0.29) is 5.91 Å². The molecule has 0 aliphatic carbocycles. The molecule has 0 bridgehead atoms. The Hall–Kier alpha value is -2.30. The molecule has 3 rings (SSSR count). The molecule has 4 nitrogen and oxygen atoms in total. The molecule has 0 radical (unpaired) electrons. The van der Waals surface area contributed by atoms with E-state index in [1.165, 1.54) is 10.9 Å². The van der Waals surface area contributed by atoms with Gasteiger partial charge in [-0.2, -0.15) is 0 Å². The normalized spacial score (nSPS) is 11.0. The summed E-state index contributed by atoms with van der Waals surface area (Å²) in [6.07, 6.45) is 3.43. The van der Waals surface area contributed by atoms with Gasteiger partial charge < -0.3 is 15.6 Å². The fourth-order valence-electron chi connectivity index (χ4n) is 2.87. The zero-order valence-electron chi connectivity index (χ0n) is 14.2. The number of anilines is 1. The molecule has 1 heterocycles. The summed E-state index contributed by atoms with van der Waals surface area (Å²) < 4.78 is 0. The number of nitrogens with one attached hydrogen (secondary N) is 3. The van der Waals surface area contributed by atoms with Crippen LogP contribution in [0.2, 0.25) is 5.02 Å². The maximum Gasteiger partial charge on any atom is 0.225 e. The summed E-state index contributed by atoms with van der Waals surface area (Å²) in [6.45, 7) is 3.43. The molecule has 0 spiro atoms. The Bertz CT molecular complexity index is 872. The molecule has 0 unspecified atom stereocenters. The molecule has 0 aliphatic heterocycles. The van der Waals surface area contributed by atoms with Gasteiger partial charge in [0.25, 0.3) is 0 Å². The largest absolute Gasteiger partial charge is 0.361 e. The van der Waals surface area contributed by atoms with Gasteiger partial charge in [0.15, 0.2) is 0 Å². The second kappa shape index (κ2) is 8.19. The predicted octanol–water partition coefficient (Wildman–Crippen LogP) is 4.29. The van der Waals surface area contributed by atoms with Crippen LogP contribution < -0.4 is 10.6 Å². The Morgan fingerprint density at radius 1 is 1.16 bits per heavy atom. The highest BCUT2D eigenvalue weighted by atomic mass is 35.5. The molecule has 2 aromatic carbocycles. The number of carbonyl (C=O) groups excluding carboxylic acids is 1. The fraction of sp³-hybridized carbons (Fsp3) is 0.250. The number of halogens is 1. The summed E-state index contributed by atoms with van der Waals surface area (Å²) in [5.74, 6) is 0.00465. The Balaban J connectivity index is 1.40. The van der Waals surface area contributed by atoms with E-state index in [4.69, 9.17) is 11.6 Å². The van der Waals surface area contributed by atoms with E-state index in [2.05, 4.69) is 40.0 Å². The molecule has 130 valence electrons. The van der Waals surface area contributed by atoms with Crippen molar-refractivity contribution in [2.24, 2.45) is 0 Å². The van der Waals surface area contributed by atoms with Crippen molar-refractivity contribution in [3.05, 3.63) is 64.8 Å². The second-order valence-electron chi connectivity index (χ2n) is 6.12. The number of aromatic amines is 1. The number of fused-ring (bicyclic) bond motifs is 1. The van der Waals surface area contributed by atoms with E-state index in [9.17, 15) is 4.79 Å². The van der Waals surface area contributed by atoms with Crippen molar-refractivity contribution >= 4 is 34.1 Å². The monoisotopic (exact) mass is 355 g/mol. The number of H-pyrrole nitrogens is 1. The van der Waals surface area contributed by atoms with Gasteiger partial charge in [0, 0.05) is 40.8 Å². The number of aromatic nitrogens is 1. The average Bonchev–Trinajstić information content (AvgIpc) is 3.00. The molecule has 5 heteroatoms. The molecule has 0 saturated carbocycles. The zero-order chi connectivity index (χ0) is 17.6. The maximum atomic E-state index is 12.0. The molecular formula is C20H22ClN3O. The Labute approximate surface area is 152 Å². The molecule has 25 heavy (non-hydrogen) atoms. The summed E-state index contributed by atoms with van der Waals surface area (Å²) in [5.41, 5.74) is 4.24. The van der Waals surface area contributed by atoms with Crippen molar-refractivity contribution in [2.75, 3.05) is 18.4 Å². The van der Waals surface area contributed by atoms with E-state index in [1.54, 1.807) is 6.07 Å². The molecule has 1 aromatic heterocycles. The summed E-state index contributed by atoms with van der Waals surface area (Å²) in [6, 6.07) is 13.7. The highest BCUT2D eigenvalue weighted by molar-refractivity contribution is 6.30. The number of aryl methyl sites for hydroxylation is 1. The molecule has 3 aromatic rings. The lowest BCUT2D eigenvalue weighted by Gasteiger charge is -2.09. The number of hydrogen-bond donors (Lipinski definition) is 3. The topological polar surface area (TPSA) is 56.9 Å². The van der Waals surface area contributed by atoms with Crippen molar-refractivity contribution in [1.82, 2.24) is 10.3 Å². The third-order valence-electron chi connectivity index (χ3n) is 4.24. The second-order valence-corrected chi connectivity index (χ2v) is 6.55. The zero-order valence-corrected chi connectivity index (χ0v) is 15.0. The Morgan fingerprint density at radius 2 is 2.00 bits per heavy atom. The third-order valence-corrected chi connectivity index (χ3v) is 4.47. The minimum atomic E-state index is 0.00465. The van der Waals surface area contributed by atoms with Crippen LogP contribution in [0.25, 0.3) is 10.9 Å². The standard InChI is InChI=1S/C20H22ClN3O/c1-14-12-16(21)6-7-18(14)24-20(25)9-11-22-10-8-15-13-23-19-5-3-2-4-17(15)19/h2-7,12-13,22-23H,8-11H2,1H3,(H,24,25). The van der Waals surface area contributed by atoms with Crippen LogP contribution in [0, 0.1) is 6.92 Å². The van der Waals surface area contributed by atoms with Gasteiger partial charge in [0.2, 0.25) is 5.91 Å². The highest BCUT2D eigenvalue weighted by Crippen LogP contribution is 2.20. The van der Waals surface area contributed by atoms with Gasteiger partial charge in [-0.3, -0.25) is 4.79 Å². The van der Waals surface area contributed by atoms with Gasteiger partial charge in [0.1, 0.15) is 0 Å². The van der Waals surface area contributed by atoms with Crippen molar-refractivity contribution in [1.29, 1.82) is 0 Å². The van der Waals surface area contributed by atoms with Gasteiger partial charge in [0.05, 0.1) is 0 Å². The fourth-order valence-corrected chi connectivity index (χ4v) is 3.10. The van der Waals surface area contributed by atoms with Crippen molar-refractivity contribution < 1.29 is 4.79 Å². The number of para-hydroxylation sites is 1. The molecule has 0 aliphatic rings. The van der Waals surface area contributed by atoms with Gasteiger partial charge >= 0.3 is 0 Å². The van der Waals surface area contributed by atoms with Crippen molar-refractivity contribution in [2.45, 2.75) is 19.8 Å². The maximum absolute atomic E-state index is 12.0. The smallest absolute Gasteiger partial charge is 0.225 e. The van der Waals surface area contributed by atoms with Gasteiger partial charge in [-0.15, -0.1) is 0 Å². The van der Waals surface area contributed by atoms with Crippen molar-refractivity contribution in [3.63, 3.8) is 0 Å². The van der Waals surface area contributed by atoms with E-state index < -0.39 is 0 Å². The first-order valence-electron chi connectivity index (χ1n) is 8.45. The lowest BCUT2D eigenvalue weighted by Crippen LogP contribution is -2.23. The van der Waals surface area contributed by atoms with Crippen LogP contribution in [0.15, 0.2) is 48.7 Å². The lowest BCUT2D eigenvalue weighted by atomic mass is 10.1. The average molecular weight is 356 g/mol. The minimum Gasteiger partial charge on any atom is -0.361 e. The summed E-state index contributed by atoms with van der Waals surface area (Å²) in [7, 11) is 0. The lowest BCUT2D eigenvalue weighted by molar-refractivity contribution is -0.116. The molecule has 1 amide bonds. The van der Waals surface area contributed by atoms with Crippen LogP contribution in [0.1, 0.15) is 17.5 Å². The summed E-state index contributed by atoms with van der Waals surface area (Å²) >= 11 is 5.93. The Morgan fingerprint density at radius 3 is 2.84 bits per heavy atom. The minimum absolute atomic E-state index is 0.00465. The number of rotatable bonds is 7. The number of benzene rings is 2. The highest BCUT2D eigenvalue weighted by Gasteiger charge is 2.06. The quantitative estimate of drug-likeness (QED) is 0.554. The summed E-state index contributed by atoms with van der Waals surface area (Å²) in [4.78, 5) is 15.3. The molecule has 0 atom stereocenters.